The van der Waals surface area contributed by atoms with Gasteiger partial charge in [-0.3, -0.25) is 4.98 Å². The Morgan fingerprint density at radius 1 is 1.29 bits per heavy atom. The zero-order valence-electron chi connectivity index (χ0n) is 12.3. The van der Waals surface area contributed by atoms with Crippen LogP contribution in [0.1, 0.15) is 31.4 Å². The Kier molecular flexibility index (Phi) is 4.91. The van der Waals surface area contributed by atoms with E-state index in [-0.39, 0.29) is 5.82 Å². The second kappa shape index (κ2) is 6.68. The smallest absolute Gasteiger partial charge is 0.137 e. The van der Waals surface area contributed by atoms with Crippen LogP contribution >= 0.6 is 0 Å². The minimum absolute atomic E-state index is 0.304. The van der Waals surface area contributed by atoms with Gasteiger partial charge in [0, 0.05) is 18.2 Å². The maximum Gasteiger partial charge on any atom is 0.137 e. The first kappa shape index (κ1) is 15.4. The Labute approximate surface area is 124 Å². The summed E-state index contributed by atoms with van der Waals surface area (Å²) in [5.74, 6) is 0.329. The molecule has 4 heteroatoms. The van der Waals surface area contributed by atoms with E-state index in [1.54, 1.807) is 37.5 Å². The van der Waals surface area contributed by atoms with E-state index in [0.717, 1.165) is 12.0 Å². The standard InChI is InChI=1S/C17H20FNO2/c1-3-7-21-16-9-14(11-19-12-16)17(2,20)10-13-5-4-6-15(18)8-13/h4-6,8-9,11-12,20H,3,7,10H2,1-2H3. The molecule has 0 saturated heterocycles. The Morgan fingerprint density at radius 2 is 2.10 bits per heavy atom. The maximum absolute atomic E-state index is 13.2. The fourth-order valence-electron chi connectivity index (χ4n) is 2.16. The lowest BCUT2D eigenvalue weighted by atomic mass is 9.90. The fraction of sp³-hybridized carbons (Fsp3) is 0.353. The number of hydrogen-bond donors (Lipinski definition) is 1. The van der Waals surface area contributed by atoms with E-state index in [0.29, 0.717) is 24.3 Å². The molecule has 2 rings (SSSR count). The van der Waals surface area contributed by atoms with Gasteiger partial charge in [0.1, 0.15) is 11.6 Å². The second-order valence-electron chi connectivity index (χ2n) is 5.34. The van der Waals surface area contributed by atoms with Crippen LogP contribution in [0.5, 0.6) is 5.75 Å². The molecule has 1 aromatic carbocycles. The summed E-state index contributed by atoms with van der Waals surface area (Å²) in [6.07, 6.45) is 4.45. The van der Waals surface area contributed by atoms with E-state index < -0.39 is 5.60 Å². The molecular weight excluding hydrogens is 269 g/mol. The van der Waals surface area contributed by atoms with Gasteiger partial charge in [-0.15, -0.1) is 0 Å². The van der Waals surface area contributed by atoms with E-state index in [1.807, 2.05) is 6.92 Å². The molecule has 0 radical (unpaired) electrons. The number of ether oxygens (including phenoxy) is 1. The molecule has 112 valence electrons. The molecule has 2 aromatic rings. The molecule has 21 heavy (non-hydrogen) atoms. The van der Waals surface area contributed by atoms with E-state index in [2.05, 4.69) is 4.98 Å². The van der Waals surface area contributed by atoms with Crippen molar-refractivity contribution in [3.05, 3.63) is 59.7 Å². The van der Waals surface area contributed by atoms with Crippen LogP contribution in [0.4, 0.5) is 4.39 Å². The number of benzene rings is 1. The van der Waals surface area contributed by atoms with E-state index in [1.165, 1.54) is 12.1 Å². The van der Waals surface area contributed by atoms with Gasteiger partial charge in [0.15, 0.2) is 0 Å². The second-order valence-corrected chi connectivity index (χ2v) is 5.34. The molecule has 1 heterocycles. The molecule has 1 aromatic heterocycles. The van der Waals surface area contributed by atoms with Crippen molar-refractivity contribution in [2.45, 2.75) is 32.3 Å². The fourth-order valence-corrected chi connectivity index (χ4v) is 2.16. The van der Waals surface area contributed by atoms with Crippen LogP contribution in [-0.4, -0.2) is 16.7 Å². The van der Waals surface area contributed by atoms with Crippen LogP contribution in [0.25, 0.3) is 0 Å². The number of pyridine rings is 1. The lowest BCUT2D eigenvalue weighted by Crippen LogP contribution is -2.24. The minimum Gasteiger partial charge on any atom is -0.492 e. The molecule has 1 unspecified atom stereocenters. The Morgan fingerprint density at radius 3 is 2.81 bits per heavy atom. The van der Waals surface area contributed by atoms with Crippen molar-refractivity contribution >= 4 is 0 Å². The summed E-state index contributed by atoms with van der Waals surface area (Å²) in [6.45, 7) is 4.33. The molecule has 0 spiro atoms. The highest BCUT2D eigenvalue weighted by Gasteiger charge is 2.24. The van der Waals surface area contributed by atoms with E-state index in [4.69, 9.17) is 4.74 Å². The monoisotopic (exact) mass is 289 g/mol. The first-order valence-electron chi connectivity index (χ1n) is 7.06. The summed E-state index contributed by atoms with van der Waals surface area (Å²) in [7, 11) is 0. The summed E-state index contributed by atoms with van der Waals surface area (Å²) >= 11 is 0. The molecule has 0 aliphatic heterocycles. The van der Waals surface area contributed by atoms with Gasteiger partial charge in [-0.1, -0.05) is 19.1 Å². The number of rotatable bonds is 6. The van der Waals surface area contributed by atoms with E-state index >= 15 is 0 Å². The predicted octanol–water partition coefficient (Wildman–Crippen LogP) is 3.46. The van der Waals surface area contributed by atoms with Crippen molar-refractivity contribution < 1.29 is 14.2 Å². The van der Waals surface area contributed by atoms with Crippen molar-refractivity contribution in [1.29, 1.82) is 0 Å². The van der Waals surface area contributed by atoms with Gasteiger partial charge in [0.2, 0.25) is 0 Å². The molecule has 0 bridgehead atoms. The van der Waals surface area contributed by atoms with Gasteiger partial charge >= 0.3 is 0 Å². The molecule has 1 atom stereocenters. The zero-order valence-corrected chi connectivity index (χ0v) is 12.3. The SMILES string of the molecule is CCCOc1cncc(C(C)(O)Cc2cccc(F)c2)c1. The number of hydrogen-bond acceptors (Lipinski definition) is 3. The topological polar surface area (TPSA) is 42.4 Å². The van der Waals surface area contributed by atoms with Crippen LogP contribution in [0, 0.1) is 5.82 Å². The average Bonchev–Trinajstić information content (AvgIpc) is 2.45. The third-order valence-corrected chi connectivity index (χ3v) is 3.25. The highest BCUT2D eigenvalue weighted by atomic mass is 19.1. The zero-order chi connectivity index (χ0) is 15.3. The van der Waals surface area contributed by atoms with Crippen LogP contribution in [0.3, 0.4) is 0 Å². The van der Waals surface area contributed by atoms with Gasteiger partial charge in [0.25, 0.3) is 0 Å². The quantitative estimate of drug-likeness (QED) is 0.885. The Bertz CT molecular complexity index is 599. The minimum atomic E-state index is -1.13. The van der Waals surface area contributed by atoms with Crippen LogP contribution < -0.4 is 4.74 Å². The summed E-state index contributed by atoms with van der Waals surface area (Å²) in [6, 6.07) is 8.03. The highest BCUT2D eigenvalue weighted by Crippen LogP contribution is 2.27. The van der Waals surface area contributed by atoms with Crippen molar-refractivity contribution in [2.75, 3.05) is 6.61 Å². The molecule has 3 nitrogen and oxygen atoms in total. The third-order valence-electron chi connectivity index (χ3n) is 3.25. The molecular formula is C17H20FNO2. The molecule has 0 aliphatic rings. The van der Waals surface area contributed by atoms with Gasteiger partial charge in [-0.25, -0.2) is 4.39 Å². The molecule has 0 saturated carbocycles. The Hall–Kier alpha value is -1.94. The maximum atomic E-state index is 13.2. The summed E-state index contributed by atoms with van der Waals surface area (Å²) in [5.41, 5.74) is 0.257. The largest absolute Gasteiger partial charge is 0.492 e. The Balaban J connectivity index is 2.18. The number of aromatic nitrogens is 1. The lowest BCUT2D eigenvalue weighted by molar-refractivity contribution is 0.0569. The molecule has 0 aliphatic carbocycles. The van der Waals surface area contributed by atoms with Crippen molar-refractivity contribution in [3.8, 4) is 5.75 Å². The van der Waals surface area contributed by atoms with E-state index in [9.17, 15) is 9.50 Å². The summed E-state index contributed by atoms with van der Waals surface area (Å²) in [4.78, 5) is 4.10. The summed E-state index contributed by atoms with van der Waals surface area (Å²) in [5, 5.41) is 10.7. The predicted molar refractivity (Wildman–Crippen MR) is 79.7 cm³/mol. The molecule has 1 N–H and O–H groups in total. The molecule has 0 amide bonds. The van der Waals surface area contributed by atoms with Crippen LogP contribution in [-0.2, 0) is 12.0 Å². The van der Waals surface area contributed by atoms with Gasteiger partial charge in [-0.05, 0) is 37.1 Å². The summed E-state index contributed by atoms with van der Waals surface area (Å²) < 4.78 is 18.8. The number of aliphatic hydroxyl groups is 1. The van der Waals surface area contributed by atoms with Crippen molar-refractivity contribution in [1.82, 2.24) is 4.98 Å². The lowest BCUT2D eigenvalue weighted by Gasteiger charge is -2.24. The normalized spacial score (nSPS) is 13.7. The number of halogens is 1. The first-order valence-corrected chi connectivity index (χ1v) is 7.06. The van der Waals surface area contributed by atoms with Crippen molar-refractivity contribution in [3.63, 3.8) is 0 Å². The average molecular weight is 289 g/mol. The van der Waals surface area contributed by atoms with Crippen molar-refractivity contribution in [2.24, 2.45) is 0 Å². The van der Waals surface area contributed by atoms with Crippen LogP contribution in [0.15, 0.2) is 42.7 Å². The molecule has 0 fully saturated rings. The third kappa shape index (κ3) is 4.26. The van der Waals surface area contributed by atoms with Gasteiger partial charge in [-0.2, -0.15) is 0 Å². The number of nitrogens with zero attached hydrogens (tertiary/aromatic N) is 1. The highest BCUT2D eigenvalue weighted by molar-refractivity contribution is 5.30. The van der Waals surface area contributed by atoms with Gasteiger partial charge in [0.05, 0.1) is 18.4 Å². The first-order chi connectivity index (χ1) is 10.0. The van der Waals surface area contributed by atoms with Crippen LogP contribution in [0.2, 0.25) is 0 Å². The van der Waals surface area contributed by atoms with Gasteiger partial charge < -0.3 is 9.84 Å².